The van der Waals surface area contributed by atoms with Gasteiger partial charge in [-0.2, -0.15) is 0 Å². The Bertz CT molecular complexity index is 376. The molecule has 0 spiro atoms. The van der Waals surface area contributed by atoms with E-state index in [1.54, 1.807) is 0 Å². The second kappa shape index (κ2) is 5.12. The van der Waals surface area contributed by atoms with Crippen LogP contribution in [-0.4, -0.2) is 18.6 Å². The van der Waals surface area contributed by atoms with E-state index in [1.807, 2.05) is 19.1 Å². The number of ether oxygens (including phenoxy) is 1. The van der Waals surface area contributed by atoms with Crippen LogP contribution in [0.4, 0.5) is 0 Å². The molecule has 0 aliphatic carbocycles. The first-order chi connectivity index (χ1) is 7.81. The second-order valence-electron chi connectivity index (χ2n) is 4.07. The second-order valence-corrected chi connectivity index (χ2v) is 4.07. The van der Waals surface area contributed by atoms with Gasteiger partial charge in [-0.25, -0.2) is 0 Å². The number of hydrogen-bond acceptors (Lipinski definition) is 3. The first kappa shape index (κ1) is 11.1. The number of esters is 1. The molecule has 1 aliphatic heterocycles. The van der Waals surface area contributed by atoms with Crippen molar-refractivity contribution in [3.8, 4) is 0 Å². The van der Waals surface area contributed by atoms with E-state index in [-0.39, 0.29) is 12.0 Å². The van der Waals surface area contributed by atoms with Gasteiger partial charge in [0, 0.05) is 6.54 Å². The van der Waals surface area contributed by atoms with E-state index >= 15 is 0 Å². The van der Waals surface area contributed by atoms with Crippen LogP contribution in [0.3, 0.4) is 0 Å². The van der Waals surface area contributed by atoms with E-state index in [9.17, 15) is 4.79 Å². The van der Waals surface area contributed by atoms with Crippen LogP contribution in [0.15, 0.2) is 24.3 Å². The highest BCUT2D eigenvalue weighted by Gasteiger charge is 2.24. The average molecular weight is 219 g/mol. The van der Waals surface area contributed by atoms with Gasteiger partial charge in [0.05, 0.1) is 6.61 Å². The predicted octanol–water partition coefficient (Wildman–Crippen LogP) is 1.65. The minimum atomic E-state index is -0.179. The first-order valence-corrected chi connectivity index (χ1v) is 5.78. The number of rotatable bonds is 3. The third-order valence-electron chi connectivity index (χ3n) is 2.81. The number of nitrogens with one attached hydrogen (secondary N) is 1. The molecule has 1 aromatic rings. The lowest BCUT2D eigenvalue weighted by Gasteiger charge is -2.24. The molecule has 0 aromatic heterocycles. The highest BCUT2D eigenvalue weighted by Crippen LogP contribution is 2.16. The summed E-state index contributed by atoms with van der Waals surface area (Å²) in [5.74, 6) is -0.128. The molecular formula is C13H17NO2. The van der Waals surface area contributed by atoms with Gasteiger partial charge >= 0.3 is 5.97 Å². The first-order valence-electron chi connectivity index (χ1n) is 5.78. The third-order valence-corrected chi connectivity index (χ3v) is 2.81. The smallest absolute Gasteiger partial charge is 0.323 e. The van der Waals surface area contributed by atoms with Crippen LogP contribution in [0.25, 0.3) is 0 Å². The quantitative estimate of drug-likeness (QED) is 0.786. The summed E-state index contributed by atoms with van der Waals surface area (Å²) in [7, 11) is 0. The van der Waals surface area contributed by atoms with Crippen molar-refractivity contribution in [2.45, 2.75) is 32.4 Å². The molecule has 16 heavy (non-hydrogen) atoms. The van der Waals surface area contributed by atoms with Crippen LogP contribution >= 0.6 is 0 Å². The van der Waals surface area contributed by atoms with Crippen molar-refractivity contribution >= 4 is 5.97 Å². The van der Waals surface area contributed by atoms with Gasteiger partial charge in [-0.3, -0.25) is 4.79 Å². The van der Waals surface area contributed by atoms with Crippen LogP contribution in [0.5, 0.6) is 0 Å². The molecule has 1 aliphatic rings. The van der Waals surface area contributed by atoms with Crippen LogP contribution in [0.1, 0.15) is 24.5 Å². The van der Waals surface area contributed by atoms with Crippen molar-refractivity contribution in [3.63, 3.8) is 0 Å². The fraction of sp³-hybridized carbons (Fsp3) is 0.462. The Kier molecular flexibility index (Phi) is 3.57. The summed E-state index contributed by atoms with van der Waals surface area (Å²) in [4.78, 5) is 11.7. The van der Waals surface area contributed by atoms with Crippen LogP contribution in [0.2, 0.25) is 0 Å². The van der Waals surface area contributed by atoms with Gasteiger partial charge in [0.15, 0.2) is 0 Å². The molecule has 3 heteroatoms. The summed E-state index contributed by atoms with van der Waals surface area (Å²) < 4.78 is 5.14. The zero-order chi connectivity index (χ0) is 11.4. The molecule has 3 nitrogen and oxygen atoms in total. The number of hydrogen-bond donors (Lipinski definition) is 1. The van der Waals surface area contributed by atoms with E-state index < -0.39 is 0 Å². The van der Waals surface area contributed by atoms with Crippen LogP contribution < -0.4 is 5.32 Å². The van der Waals surface area contributed by atoms with Gasteiger partial charge in [-0.1, -0.05) is 31.2 Å². The Morgan fingerprint density at radius 3 is 2.94 bits per heavy atom. The molecule has 0 amide bonds. The lowest BCUT2D eigenvalue weighted by Crippen LogP contribution is -2.42. The van der Waals surface area contributed by atoms with E-state index in [1.165, 1.54) is 11.1 Å². The van der Waals surface area contributed by atoms with Crippen molar-refractivity contribution in [2.75, 3.05) is 6.61 Å². The van der Waals surface area contributed by atoms with Gasteiger partial charge < -0.3 is 10.1 Å². The normalized spacial score (nSPS) is 18.9. The molecule has 0 fully saturated rings. The third kappa shape index (κ3) is 2.42. The lowest BCUT2D eigenvalue weighted by atomic mass is 9.96. The lowest BCUT2D eigenvalue weighted by molar-refractivity contribution is -0.146. The van der Waals surface area contributed by atoms with Gasteiger partial charge in [-0.15, -0.1) is 0 Å². The highest BCUT2D eigenvalue weighted by atomic mass is 16.5. The zero-order valence-electron chi connectivity index (χ0n) is 9.53. The van der Waals surface area contributed by atoms with Gasteiger partial charge in [0.2, 0.25) is 0 Å². The number of fused-ring (bicyclic) bond motifs is 1. The van der Waals surface area contributed by atoms with Crippen molar-refractivity contribution < 1.29 is 9.53 Å². The molecule has 0 unspecified atom stereocenters. The number of benzene rings is 1. The molecule has 1 heterocycles. The molecule has 1 atom stereocenters. The Morgan fingerprint density at radius 2 is 2.19 bits per heavy atom. The molecule has 0 saturated heterocycles. The fourth-order valence-corrected chi connectivity index (χ4v) is 1.92. The average Bonchev–Trinajstić information content (AvgIpc) is 2.35. The molecule has 2 rings (SSSR count). The fourth-order valence-electron chi connectivity index (χ4n) is 1.92. The molecular weight excluding hydrogens is 202 g/mol. The van der Waals surface area contributed by atoms with Crippen molar-refractivity contribution in [3.05, 3.63) is 35.4 Å². The van der Waals surface area contributed by atoms with Crippen LogP contribution in [0, 0.1) is 0 Å². The Balaban J connectivity index is 1.99. The maximum Gasteiger partial charge on any atom is 0.323 e. The van der Waals surface area contributed by atoms with Gasteiger partial charge in [0.25, 0.3) is 0 Å². The number of carbonyl (C=O) groups excluding carboxylic acids is 1. The molecule has 0 bridgehead atoms. The minimum absolute atomic E-state index is 0.128. The van der Waals surface area contributed by atoms with E-state index in [0.29, 0.717) is 6.61 Å². The van der Waals surface area contributed by atoms with Crippen molar-refractivity contribution in [1.29, 1.82) is 0 Å². The largest absolute Gasteiger partial charge is 0.465 e. The Morgan fingerprint density at radius 1 is 1.44 bits per heavy atom. The van der Waals surface area contributed by atoms with Gasteiger partial charge in [-0.05, 0) is 24.0 Å². The monoisotopic (exact) mass is 219 g/mol. The molecule has 1 aromatic carbocycles. The maximum atomic E-state index is 11.7. The summed E-state index contributed by atoms with van der Waals surface area (Å²) in [5.41, 5.74) is 2.53. The van der Waals surface area contributed by atoms with E-state index in [0.717, 1.165) is 19.4 Å². The maximum absolute atomic E-state index is 11.7. The summed E-state index contributed by atoms with van der Waals surface area (Å²) in [5, 5.41) is 3.21. The summed E-state index contributed by atoms with van der Waals surface area (Å²) in [6, 6.07) is 8.03. The minimum Gasteiger partial charge on any atom is -0.465 e. The van der Waals surface area contributed by atoms with E-state index in [4.69, 9.17) is 4.74 Å². The molecule has 86 valence electrons. The molecule has 0 radical (unpaired) electrons. The Labute approximate surface area is 95.8 Å². The van der Waals surface area contributed by atoms with E-state index in [2.05, 4.69) is 17.4 Å². The number of carbonyl (C=O) groups is 1. The summed E-state index contributed by atoms with van der Waals surface area (Å²) >= 11 is 0. The van der Waals surface area contributed by atoms with Crippen molar-refractivity contribution in [1.82, 2.24) is 5.32 Å². The highest BCUT2D eigenvalue weighted by molar-refractivity contribution is 5.76. The predicted molar refractivity (Wildman–Crippen MR) is 62.0 cm³/mol. The summed E-state index contributed by atoms with van der Waals surface area (Å²) in [6.45, 7) is 3.26. The summed E-state index contributed by atoms with van der Waals surface area (Å²) in [6.07, 6.45) is 1.60. The van der Waals surface area contributed by atoms with Gasteiger partial charge in [0.1, 0.15) is 6.04 Å². The standard InChI is InChI=1S/C13H17NO2/c1-2-7-16-13(15)12-8-10-5-3-4-6-11(10)9-14-12/h3-6,12,14H,2,7-9H2,1H3/t12-/m1/s1. The molecule has 0 saturated carbocycles. The Hall–Kier alpha value is -1.35. The van der Waals surface area contributed by atoms with Crippen molar-refractivity contribution in [2.24, 2.45) is 0 Å². The molecule has 1 N–H and O–H groups in total. The topological polar surface area (TPSA) is 38.3 Å². The zero-order valence-corrected chi connectivity index (χ0v) is 9.53. The SMILES string of the molecule is CCCOC(=O)[C@H]1Cc2ccccc2CN1. The van der Waals surface area contributed by atoms with Crippen LogP contribution in [-0.2, 0) is 22.5 Å².